The van der Waals surface area contributed by atoms with E-state index in [4.69, 9.17) is 4.74 Å². The summed E-state index contributed by atoms with van der Waals surface area (Å²) in [6, 6.07) is 8.15. The van der Waals surface area contributed by atoms with Crippen LogP contribution in [0.15, 0.2) is 30.3 Å². The van der Waals surface area contributed by atoms with Crippen molar-refractivity contribution >= 4 is 46.9 Å². The summed E-state index contributed by atoms with van der Waals surface area (Å²) in [6.07, 6.45) is 3.45. The molecule has 4 rings (SSSR count). The first-order chi connectivity index (χ1) is 17.3. The third kappa shape index (κ3) is 7.33. The van der Waals surface area contributed by atoms with E-state index in [0.717, 1.165) is 37.1 Å². The number of aryl methyl sites for hydroxylation is 2. The van der Waals surface area contributed by atoms with Gasteiger partial charge in [-0.05, 0) is 77.9 Å². The molecule has 37 heavy (non-hydrogen) atoms. The van der Waals surface area contributed by atoms with Crippen molar-refractivity contribution < 1.29 is 14.3 Å². The minimum absolute atomic E-state index is 0. The van der Waals surface area contributed by atoms with Crippen LogP contribution in [0, 0.1) is 6.92 Å². The molecule has 0 atom stereocenters. The van der Waals surface area contributed by atoms with Crippen molar-refractivity contribution in [3.63, 3.8) is 0 Å². The van der Waals surface area contributed by atoms with Crippen LogP contribution in [0.2, 0.25) is 0 Å². The van der Waals surface area contributed by atoms with Crippen LogP contribution in [0.25, 0.3) is 11.0 Å². The van der Waals surface area contributed by atoms with E-state index in [-0.39, 0.29) is 18.5 Å². The Morgan fingerprint density at radius 3 is 2.65 bits per heavy atom. The molecule has 1 aliphatic rings. The number of aromatic nitrogens is 3. The zero-order chi connectivity index (χ0) is 25.7. The molecule has 0 bridgehead atoms. The minimum atomic E-state index is -0.635. The van der Waals surface area contributed by atoms with Crippen LogP contribution < -0.4 is 20.7 Å². The number of nitrogens with zero attached hydrogens (tertiary/aromatic N) is 4. The Morgan fingerprint density at radius 2 is 1.92 bits per heavy atom. The maximum atomic E-state index is 13.2. The summed E-state index contributed by atoms with van der Waals surface area (Å²) in [6.45, 7) is 9.69. The molecule has 0 unspecified atom stereocenters. The fourth-order valence-corrected chi connectivity index (χ4v) is 4.42. The topological polar surface area (TPSA) is 113 Å². The average Bonchev–Trinajstić information content (AvgIpc) is 3.43. The quantitative estimate of drug-likeness (QED) is 0.353. The molecule has 0 saturated carbocycles. The van der Waals surface area contributed by atoms with Gasteiger partial charge in [0.05, 0.1) is 17.4 Å². The molecule has 200 valence electrons. The molecule has 1 saturated heterocycles. The van der Waals surface area contributed by atoms with E-state index in [9.17, 15) is 9.59 Å². The number of likely N-dealkylation sites (tertiary alicyclic amines) is 1. The van der Waals surface area contributed by atoms with Crippen LogP contribution >= 0.6 is 12.4 Å². The lowest BCUT2D eigenvalue weighted by Crippen LogP contribution is -2.35. The Bertz CT molecular complexity index is 1240. The van der Waals surface area contributed by atoms with E-state index >= 15 is 0 Å². The van der Waals surface area contributed by atoms with E-state index in [0.29, 0.717) is 35.0 Å². The first-order valence-corrected chi connectivity index (χ1v) is 12.5. The van der Waals surface area contributed by atoms with Crippen LogP contribution in [0.4, 0.5) is 16.3 Å². The number of carbonyl (C=O) groups excluding carboxylic acids is 2. The molecule has 2 aromatic heterocycles. The Balaban J connectivity index is 0.00000380. The summed E-state index contributed by atoms with van der Waals surface area (Å²) < 4.78 is 7.36. The van der Waals surface area contributed by atoms with Crippen molar-refractivity contribution in [1.82, 2.24) is 25.0 Å². The van der Waals surface area contributed by atoms with Gasteiger partial charge in [0.1, 0.15) is 11.6 Å². The van der Waals surface area contributed by atoms with Crippen molar-refractivity contribution in [3.8, 4) is 5.75 Å². The number of hydrogen-bond acceptors (Lipinski definition) is 7. The Morgan fingerprint density at radius 1 is 1.16 bits per heavy atom. The lowest BCUT2D eigenvalue weighted by Gasteiger charge is -2.16. The number of ether oxygens (including phenoxy) is 1. The van der Waals surface area contributed by atoms with Gasteiger partial charge in [0.2, 0.25) is 0 Å². The highest BCUT2D eigenvalue weighted by Gasteiger charge is 2.20. The second kappa shape index (κ2) is 12.7. The zero-order valence-corrected chi connectivity index (χ0v) is 22.7. The van der Waals surface area contributed by atoms with E-state index in [1.807, 2.05) is 33.9 Å². The van der Waals surface area contributed by atoms with E-state index in [2.05, 4.69) is 30.9 Å². The number of hydrogen-bond donors (Lipinski definition) is 3. The average molecular weight is 530 g/mol. The van der Waals surface area contributed by atoms with E-state index in [1.165, 1.54) is 12.8 Å². The summed E-state index contributed by atoms with van der Waals surface area (Å²) in [5.74, 6) is 0.530. The summed E-state index contributed by atoms with van der Waals surface area (Å²) in [5.41, 5.74) is 2.26. The minimum Gasteiger partial charge on any atom is -0.491 e. The summed E-state index contributed by atoms with van der Waals surface area (Å²) in [5, 5.41) is 13.6. The second-order valence-electron chi connectivity index (χ2n) is 9.40. The smallest absolute Gasteiger partial charge is 0.326 e. The number of carbonyl (C=O) groups is 2. The first-order valence-electron chi connectivity index (χ1n) is 12.5. The van der Waals surface area contributed by atoms with Gasteiger partial charge in [-0.25, -0.2) is 9.78 Å². The Labute approximate surface area is 223 Å². The molecule has 11 heteroatoms. The summed E-state index contributed by atoms with van der Waals surface area (Å²) >= 11 is 0. The highest BCUT2D eigenvalue weighted by Crippen LogP contribution is 2.23. The number of anilines is 2. The number of nitrogens with one attached hydrogen (secondary N) is 3. The summed E-state index contributed by atoms with van der Waals surface area (Å²) in [4.78, 5) is 32.9. The molecule has 0 spiro atoms. The highest BCUT2D eigenvalue weighted by molar-refractivity contribution is 6.11. The number of benzene rings is 1. The van der Waals surface area contributed by atoms with Gasteiger partial charge >= 0.3 is 6.03 Å². The van der Waals surface area contributed by atoms with Gasteiger partial charge in [-0.2, -0.15) is 5.10 Å². The maximum Gasteiger partial charge on any atom is 0.326 e. The number of rotatable bonds is 9. The highest BCUT2D eigenvalue weighted by atomic mass is 35.5. The largest absolute Gasteiger partial charge is 0.491 e. The van der Waals surface area contributed by atoms with Gasteiger partial charge in [0.25, 0.3) is 5.91 Å². The van der Waals surface area contributed by atoms with Crippen LogP contribution in [0.3, 0.4) is 0 Å². The lowest BCUT2D eigenvalue weighted by molar-refractivity contribution is 0.0967. The monoisotopic (exact) mass is 529 g/mol. The Kier molecular flexibility index (Phi) is 9.71. The SMILES string of the molecule is Cc1nn(C)c2nc(NCCCN3CCCC3)c(C(=O)NC(=O)Nc3cccc(OC(C)C)c3)cc12.Cl. The summed E-state index contributed by atoms with van der Waals surface area (Å²) in [7, 11) is 1.82. The molecule has 3 N–H and O–H groups in total. The molecular weight excluding hydrogens is 494 g/mol. The number of halogens is 1. The number of amides is 3. The van der Waals surface area contributed by atoms with Crippen molar-refractivity contribution in [3.05, 3.63) is 41.6 Å². The van der Waals surface area contributed by atoms with Crippen LogP contribution in [-0.4, -0.2) is 63.9 Å². The molecule has 3 heterocycles. The molecule has 10 nitrogen and oxygen atoms in total. The zero-order valence-electron chi connectivity index (χ0n) is 21.8. The van der Waals surface area contributed by atoms with Gasteiger partial charge in [0.15, 0.2) is 5.65 Å². The van der Waals surface area contributed by atoms with E-state index < -0.39 is 11.9 Å². The third-order valence-corrected chi connectivity index (χ3v) is 6.08. The van der Waals surface area contributed by atoms with Gasteiger partial charge in [-0.1, -0.05) is 6.07 Å². The molecule has 3 amide bonds. The molecule has 1 aromatic carbocycles. The van der Waals surface area contributed by atoms with Crippen molar-refractivity contribution in [2.75, 3.05) is 36.8 Å². The fourth-order valence-electron chi connectivity index (χ4n) is 4.42. The van der Waals surface area contributed by atoms with Gasteiger partial charge in [-0.3, -0.25) is 14.8 Å². The van der Waals surface area contributed by atoms with Crippen molar-refractivity contribution in [1.29, 1.82) is 0 Å². The van der Waals surface area contributed by atoms with Crippen LogP contribution in [0.1, 0.15) is 49.2 Å². The standard InChI is InChI=1S/C26H35N7O3.ClH/c1-17(2)36-20-10-7-9-19(15-20)28-26(35)30-25(34)22-16-21-18(3)31-32(4)24(21)29-23(22)27-11-8-14-33-12-5-6-13-33;/h7,9-10,15-17H,5-6,8,11-14H2,1-4H3,(H,27,29)(H2,28,30,34,35);1H. The van der Waals surface area contributed by atoms with Gasteiger partial charge in [0, 0.05) is 30.7 Å². The Hall–Kier alpha value is -3.37. The number of urea groups is 1. The first kappa shape index (κ1) is 28.2. The molecule has 1 aliphatic heterocycles. The predicted octanol–water partition coefficient (Wildman–Crippen LogP) is 4.35. The lowest BCUT2D eigenvalue weighted by atomic mass is 10.1. The van der Waals surface area contributed by atoms with E-state index in [1.54, 1.807) is 28.9 Å². The fraction of sp³-hybridized carbons (Fsp3) is 0.462. The normalized spacial score (nSPS) is 13.4. The van der Waals surface area contributed by atoms with Gasteiger partial charge < -0.3 is 20.3 Å². The van der Waals surface area contributed by atoms with Crippen molar-refractivity contribution in [2.45, 2.75) is 46.1 Å². The number of pyridine rings is 1. The predicted molar refractivity (Wildman–Crippen MR) is 148 cm³/mol. The third-order valence-electron chi connectivity index (χ3n) is 6.08. The molecule has 0 radical (unpaired) electrons. The second-order valence-corrected chi connectivity index (χ2v) is 9.40. The van der Waals surface area contributed by atoms with Crippen LogP contribution in [-0.2, 0) is 7.05 Å². The maximum absolute atomic E-state index is 13.2. The molecule has 1 fully saturated rings. The number of fused-ring (bicyclic) bond motifs is 1. The number of imide groups is 1. The molecular formula is C26H36ClN7O3. The van der Waals surface area contributed by atoms with Crippen molar-refractivity contribution in [2.24, 2.45) is 7.05 Å². The molecule has 0 aliphatic carbocycles. The van der Waals surface area contributed by atoms with Crippen LogP contribution in [0.5, 0.6) is 5.75 Å². The molecule has 3 aromatic rings. The van der Waals surface area contributed by atoms with Gasteiger partial charge in [-0.15, -0.1) is 12.4 Å².